The van der Waals surface area contributed by atoms with E-state index in [1.807, 2.05) is 0 Å². The molecule has 2 aromatic rings. The Morgan fingerprint density at radius 1 is 0.557 bits per heavy atom. The molecule has 61 heavy (non-hydrogen) atoms. The molecule has 10 N–H and O–H groups in total. The lowest BCUT2D eigenvalue weighted by Gasteiger charge is -2.40. The zero-order chi connectivity index (χ0) is 44.6. The van der Waals surface area contributed by atoms with Crippen molar-refractivity contribution in [3.8, 4) is 23.0 Å². The van der Waals surface area contributed by atoms with E-state index in [1.165, 1.54) is 12.1 Å². The van der Waals surface area contributed by atoms with Gasteiger partial charge in [-0.2, -0.15) is 0 Å². The number of carbonyl (C=O) groups is 2. The predicted octanol–water partition coefficient (Wildman–Crippen LogP) is 3.25. The highest BCUT2D eigenvalue weighted by Crippen LogP contribution is 2.37. The number of aliphatic hydroxyl groups excluding tert-OH is 8. The molecule has 0 radical (unpaired) electrons. The fourth-order valence-electron chi connectivity index (χ4n) is 7.69. The lowest BCUT2D eigenvalue weighted by Crippen LogP contribution is -2.60. The van der Waals surface area contributed by atoms with Crippen molar-refractivity contribution in [1.82, 2.24) is 0 Å². The Bertz CT molecular complexity index is 1670. The van der Waals surface area contributed by atoms with Crippen LogP contribution >= 0.6 is 0 Å². The highest BCUT2D eigenvalue weighted by molar-refractivity contribution is 5.97. The lowest BCUT2D eigenvalue weighted by molar-refractivity contribution is -0.278. The molecule has 2 saturated heterocycles. The van der Waals surface area contributed by atoms with Gasteiger partial charge in [-0.15, -0.1) is 0 Å². The molecule has 0 bridgehead atoms. The Morgan fingerprint density at radius 3 is 1.48 bits per heavy atom. The zero-order valence-electron chi connectivity index (χ0n) is 35.1. The Labute approximate surface area is 356 Å². The molecular formula is C44H66O17. The SMILES string of the molecule is CCCCCCCCCc1cc(OC(=O)c2c(CCCCCCCCC)cc(O[C@@H]3O[C@H](CO)[C@H](O)[C@H](O)[C@H]3O)cc2O[C@@H]2O[C@H](CO)[C@@H](O)[C@H](O)[C@H]2O)cc(O)c1C(=O)O. The van der Waals surface area contributed by atoms with E-state index >= 15 is 0 Å². The summed E-state index contributed by atoms with van der Waals surface area (Å²) in [4.78, 5) is 26.7. The van der Waals surface area contributed by atoms with Crippen LogP contribution in [0.25, 0.3) is 0 Å². The van der Waals surface area contributed by atoms with Gasteiger partial charge in [0.15, 0.2) is 0 Å². The van der Waals surface area contributed by atoms with Crippen molar-refractivity contribution < 1.29 is 84.3 Å². The van der Waals surface area contributed by atoms with Crippen LogP contribution < -0.4 is 14.2 Å². The monoisotopic (exact) mass is 866 g/mol. The van der Waals surface area contributed by atoms with E-state index in [1.54, 1.807) is 0 Å². The van der Waals surface area contributed by atoms with Crippen molar-refractivity contribution in [3.05, 3.63) is 46.5 Å². The predicted molar refractivity (Wildman–Crippen MR) is 219 cm³/mol. The second kappa shape index (κ2) is 24.9. The number of ether oxygens (including phenoxy) is 5. The van der Waals surface area contributed by atoms with Crippen LogP contribution in [0.5, 0.6) is 23.0 Å². The smallest absolute Gasteiger partial charge is 0.347 e. The maximum Gasteiger partial charge on any atom is 0.347 e. The molecule has 0 unspecified atom stereocenters. The molecule has 2 heterocycles. The van der Waals surface area contributed by atoms with E-state index in [0.717, 1.165) is 89.2 Å². The number of carboxylic acid groups (broad SMARTS) is 1. The summed E-state index contributed by atoms with van der Waals surface area (Å²) in [6.07, 6.45) is -3.17. The van der Waals surface area contributed by atoms with Crippen LogP contribution in [0.2, 0.25) is 0 Å². The first-order valence-corrected chi connectivity index (χ1v) is 21.7. The van der Waals surface area contributed by atoms with Crippen LogP contribution in [-0.4, -0.2) is 138 Å². The van der Waals surface area contributed by atoms with Crippen molar-refractivity contribution in [3.63, 3.8) is 0 Å². The Kier molecular flexibility index (Phi) is 20.4. The number of rotatable bonds is 25. The number of aromatic hydroxyl groups is 1. The van der Waals surface area contributed by atoms with Gasteiger partial charge >= 0.3 is 11.9 Å². The summed E-state index contributed by atoms with van der Waals surface area (Å²) in [6.45, 7) is 2.74. The first-order valence-electron chi connectivity index (χ1n) is 21.7. The zero-order valence-corrected chi connectivity index (χ0v) is 35.1. The van der Waals surface area contributed by atoms with E-state index in [-0.39, 0.29) is 52.3 Å². The van der Waals surface area contributed by atoms with Crippen molar-refractivity contribution in [2.24, 2.45) is 0 Å². The number of benzene rings is 2. The van der Waals surface area contributed by atoms with Crippen LogP contribution in [0.1, 0.15) is 136 Å². The molecule has 2 aliphatic rings. The van der Waals surface area contributed by atoms with E-state index in [0.29, 0.717) is 12.8 Å². The Balaban J connectivity index is 1.76. The minimum atomic E-state index is -1.90. The third kappa shape index (κ3) is 13.7. The van der Waals surface area contributed by atoms with E-state index < -0.39 is 92.3 Å². The number of aromatic carboxylic acids is 1. The minimum Gasteiger partial charge on any atom is -0.507 e. The van der Waals surface area contributed by atoms with Gasteiger partial charge in [0.25, 0.3) is 0 Å². The van der Waals surface area contributed by atoms with Gasteiger partial charge in [-0.1, -0.05) is 90.9 Å². The third-order valence-corrected chi connectivity index (χ3v) is 11.3. The van der Waals surface area contributed by atoms with Gasteiger partial charge in [-0.25, -0.2) is 9.59 Å². The molecule has 0 saturated carbocycles. The van der Waals surface area contributed by atoms with Crippen LogP contribution in [0, 0.1) is 0 Å². The molecule has 10 atom stereocenters. The molecule has 4 rings (SSSR count). The summed E-state index contributed by atoms with van der Waals surface area (Å²) in [5.41, 5.74) is -0.0191. The van der Waals surface area contributed by atoms with Crippen molar-refractivity contribution in [1.29, 1.82) is 0 Å². The number of hydrogen-bond donors (Lipinski definition) is 10. The van der Waals surface area contributed by atoms with Crippen molar-refractivity contribution >= 4 is 11.9 Å². The lowest BCUT2D eigenvalue weighted by atomic mass is 9.97. The molecule has 2 aliphatic heterocycles. The Morgan fingerprint density at radius 2 is 1.00 bits per heavy atom. The Hall–Kier alpha value is -3.62. The van der Waals surface area contributed by atoms with Gasteiger partial charge in [0.1, 0.15) is 83.0 Å². The van der Waals surface area contributed by atoms with Gasteiger partial charge in [0.2, 0.25) is 12.6 Å². The molecule has 0 aromatic heterocycles. The summed E-state index contributed by atoms with van der Waals surface area (Å²) in [5.74, 6) is -3.65. The third-order valence-electron chi connectivity index (χ3n) is 11.3. The fraction of sp³-hybridized carbons (Fsp3) is 0.682. The molecule has 17 heteroatoms. The number of unbranched alkanes of at least 4 members (excludes halogenated alkanes) is 12. The molecule has 0 spiro atoms. The average Bonchev–Trinajstić information content (AvgIpc) is 3.22. The van der Waals surface area contributed by atoms with Crippen molar-refractivity contribution in [2.75, 3.05) is 13.2 Å². The first-order chi connectivity index (χ1) is 29.3. The van der Waals surface area contributed by atoms with Crippen LogP contribution in [0.15, 0.2) is 24.3 Å². The van der Waals surface area contributed by atoms with Gasteiger partial charge in [-0.3, -0.25) is 0 Å². The fourth-order valence-corrected chi connectivity index (χ4v) is 7.69. The molecule has 344 valence electrons. The van der Waals surface area contributed by atoms with Crippen LogP contribution in [0.4, 0.5) is 0 Å². The maximum absolute atomic E-state index is 14.4. The van der Waals surface area contributed by atoms with Crippen LogP contribution in [-0.2, 0) is 22.3 Å². The number of aryl methyl sites for hydroxylation is 2. The summed E-state index contributed by atoms with van der Waals surface area (Å²) < 4.78 is 29.0. The standard InChI is InChI=1S/C44H66O17/c1-3-5-7-9-11-13-15-17-25-19-27(21-29(47)33(25)41(54)55)57-42(56)34-26(18-16-14-12-10-8-6-4-2)20-28(58-43-39(52)37(50)35(48)31(23-45)60-43)22-30(34)59-44-40(53)38(51)36(49)32(24-46)61-44/h19-22,31-32,35-40,43-53H,3-18,23-24H2,1-2H3,(H,54,55)/t31-,32-,35+,36-,37+,38+,39-,40-,43-,44-/m1/s1. The normalized spacial score (nSPS) is 26.5. The first kappa shape index (κ1) is 50.0. The number of esters is 1. The van der Waals surface area contributed by atoms with Crippen molar-refractivity contribution in [2.45, 2.75) is 178 Å². The minimum absolute atomic E-state index is 0.112. The topological polar surface area (TPSA) is 283 Å². The number of aliphatic hydroxyl groups is 8. The largest absolute Gasteiger partial charge is 0.507 e. The molecule has 0 amide bonds. The van der Waals surface area contributed by atoms with Crippen LogP contribution in [0.3, 0.4) is 0 Å². The summed E-state index contributed by atoms with van der Waals surface area (Å²) in [5, 5.41) is 104. The van der Waals surface area contributed by atoms with E-state index in [9.17, 15) is 60.7 Å². The number of carbonyl (C=O) groups excluding carboxylic acids is 1. The summed E-state index contributed by atoms with van der Waals surface area (Å²) in [7, 11) is 0. The molecule has 2 fully saturated rings. The maximum atomic E-state index is 14.4. The second-order valence-electron chi connectivity index (χ2n) is 16.0. The highest BCUT2D eigenvalue weighted by Gasteiger charge is 2.46. The highest BCUT2D eigenvalue weighted by atomic mass is 16.7. The van der Waals surface area contributed by atoms with Gasteiger partial charge in [0.05, 0.1) is 13.2 Å². The van der Waals surface area contributed by atoms with Gasteiger partial charge in [0, 0.05) is 12.1 Å². The summed E-state index contributed by atoms with van der Waals surface area (Å²) in [6, 6.07) is 4.99. The average molecular weight is 867 g/mol. The second-order valence-corrected chi connectivity index (χ2v) is 16.0. The van der Waals surface area contributed by atoms with Gasteiger partial charge in [-0.05, 0) is 48.9 Å². The van der Waals surface area contributed by atoms with Gasteiger partial charge < -0.3 is 74.7 Å². The van der Waals surface area contributed by atoms with E-state index in [4.69, 9.17) is 23.7 Å². The molecule has 2 aromatic carbocycles. The molecular weight excluding hydrogens is 800 g/mol. The van der Waals surface area contributed by atoms with E-state index in [2.05, 4.69) is 13.8 Å². The summed E-state index contributed by atoms with van der Waals surface area (Å²) >= 11 is 0. The number of carboxylic acids is 1. The molecule has 0 aliphatic carbocycles. The molecule has 17 nitrogen and oxygen atoms in total. The number of hydrogen-bond acceptors (Lipinski definition) is 16. The number of phenols is 1. The quantitative estimate of drug-likeness (QED) is 0.0389.